The lowest BCUT2D eigenvalue weighted by Crippen LogP contribution is -2.42. The minimum Gasteiger partial charge on any atom is -0.494 e. The molecule has 0 aromatic heterocycles. The molecule has 2 aromatic carbocycles. The lowest BCUT2D eigenvalue weighted by molar-refractivity contribution is -0.119. The van der Waals surface area contributed by atoms with Crippen LogP contribution < -0.4 is 15.6 Å². The van der Waals surface area contributed by atoms with Crippen molar-refractivity contribution in [3.05, 3.63) is 64.7 Å². The molecule has 2 amide bonds. The first-order chi connectivity index (χ1) is 12.1. The molecular weight excluding hydrogens is 360 g/mol. The molecule has 0 aliphatic carbocycles. The quantitative estimate of drug-likeness (QED) is 0.724. The van der Waals surface area contributed by atoms with Gasteiger partial charge in [0.05, 0.1) is 12.4 Å². The average molecular weight is 379 g/mol. The monoisotopic (exact) mass is 378 g/mol. The number of hydrazine groups is 1. The fourth-order valence-electron chi connectivity index (χ4n) is 1.99. The number of ether oxygens (including phenoxy) is 1. The Morgan fingerprint density at radius 3 is 2.56 bits per heavy atom. The molecule has 2 aromatic rings. The van der Waals surface area contributed by atoms with Gasteiger partial charge in [0, 0.05) is 16.3 Å². The van der Waals surface area contributed by atoms with E-state index < -0.39 is 0 Å². The van der Waals surface area contributed by atoms with Gasteiger partial charge in [0.15, 0.2) is 0 Å². The molecule has 0 unspecified atom stereocenters. The molecule has 0 aliphatic rings. The second-order valence-corrected chi connectivity index (χ2v) is 6.50. The van der Waals surface area contributed by atoms with Crippen LogP contribution in [-0.2, 0) is 10.5 Å². The molecule has 0 saturated heterocycles. The lowest BCUT2D eigenvalue weighted by Gasteiger charge is -2.08. The number of halogens is 1. The zero-order valence-corrected chi connectivity index (χ0v) is 15.3. The molecule has 0 fully saturated rings. The van der Waals surface area contributed by atoms with Gasteiger partial charge in [-0.1, -0.05) is 23.7 Å². The van der Waals surface area contributed by atoms with E-state index in [0.29, 0.717) is 28.7 Å². The van der Waals surface area contributed by atoms with Gasteiger partial charge in [-0.05, 0) is 48.9 Å². The Morgan fingerprint density at radius 1 is 1.12 bits per heavy atom. The van der Waals surface area contributed by atoms with E-state index >= 15 is 0 Å². The topological polar surface area (TPSA) is 67.4 Å². The third kappa shape index (κ3) is 6.68. The number of hydrogen-bond donors (Lipinski definition) is 2. The van der Waals surface area contributed by atoms with Crippen LogP contribution in [0.3, 0.4) is 0 Å². The molecule has 0 radical (unpaired) electrons. The molecule has 2 N–H and O–H groups in total. The summed E-state index contributed by atoms with van der Waals surface area (Å²) in [5.74, 6) is 0.944. The Balaban J connectivity index is 1.71. The maximum absolute atomic E-state index is 12.0. The number of hydrogen-bond acceptors (Lipinski definition) is 4. The van der Waals surface area contributed by atoms with E-state index in [1.165, 1.54) is 11.8 Å². The van der Waals surface area contributed by atoms with Crippen molar-refractivity contribution < 1.29 is 14.3 Å². The van der Waals surface area contributed by atoms with Crippen molar-refractivity contribution >= 4 is 35.2 Å². The van der Waals surface area contributed by atoms with Crippen molar-refractivity contribution in [3.8, 4) is 5.75 Å². The standard InChI is InChI=1S/C18H19ClN2O3S/c1-2-24-16-8-6-14(7-9-16)18(23)21-20-17(22)12-25-11-13-4-3-5-15(19)10-13/h3-10H,2,11-12H2,1H3,(H,20,22)(H,21,23). The Bertz CT molecular complexity index is 723. The van der Waals surface area contributed by atoms with Crippen LogP contribution in [0, 0.1) is 0 Å². The van der Waals surface area contributed by atoms with E-state index in [1.807, 2.05) is 25.1 Å². The largest absolute Gasteiger partial charge is 0.494 e. The molecule has 0 spiro atoms. The summed E-state index contributed by atoms with van der Waals surface area (Å²) >= 11 is 7.35. The number of carbonyl (C=O) groups is 2. The SMILES string of the molecule is CCOc1ccc(C(=O)NNC(=O)CSCc2cccc(Cl)c2)cc1. The molecule has 132 valence electrons. The van der Waals surface area contributed by atoms with Crippen molar-refractivity contribution in [1.82, 2.24) is 10.9 Å². The van der Waals surface area contributed by atoms with Gasteiger partial charge in [-0.25, -0.2) is 0 Å². The molecule has 0 atom stereocenters. The minimum absolute atomic E-state index is 0.232. The number of nitrogens with one attached hydrogen (secondary N) is 2. The predicted molar refractivity (Wildman–Crippen MR) is 101 cm³/mol. The van der Waals surface area contributed by atoms with E-state index in [4.69, 9.17) is 16.3 Å². The van der Waals surface area contributed by atoms with Crippen LogP contribution in [0.25, 0.3) is 0 Å². The highest BCUT2D eigenvalue weighted by molar-refractivity contribution is 7.99. The Labute approximate surface area is 156 Å². The normalized spacial score (nSPS) is 10.2. The second-order valence-electron chi connectivity index (χ2n) is 5.08. The average Bonchev–Trinajstić information content (AvgIpc) is 2.61. The van der Waals surface area contributed by atoms with E-state index in [2.05, 4.69) is 10.9 Å². The molecule has 0 bridgehead atoms. The summed E-state index contributed by atoms with van der Waals surface area (Å²) in [5.41, 5.74) is 6.28. The molecule has 2 rings (SSSR count). The molecular formula is C18H19ClN2O3S. The van der Waals surface area contributed by atoms with E-state index in [9.17, 15) is 9.59 Å². The fourth-order valence-corrected chi connectivity index (χ4v) is 2.98. The summed E-state index contributed by atoms with van der Waals surface area (Å²) in [7, 11) is 0. The van der Waals surface area contributed by atoms with Crippen LogP contribution in [0.4, 0.5) is 0 Å². The Morgan fingerprint density at radius 2 is 1.88 bits per heavy atom. The van der Waals surface area contributed by atoms with Crippen LogP contribution in [0.2, 0.25) is 5.02 Å². The third-order valence-corrected chi connectivity index (χ3v) is 4.37. The highest BCUT2D eigenvalue weighted by Gasteiger charge is 2.08. The minimum atomic E-state index is -0.378. The third-order valence-electron chi connectivity index (χ3n) is 3.13. The maximum Gasteiger partial charge on any atom is 0.269 e. The van der Waals surface area contributed by atoms with Gasteiger partial charge >= 0.3 is 0 Å². The molecule has 0 saturated carbocycles. The van der Waals surface area contributed by atoms with Gasteiger partial charge in [0.2, 0.25) is 5.91 Å². The van der Waals surface area contributed by atoms with Crippen LogP contribution >= 0.6 is 23.4 Å². The highest BCUT2D eigenvalue weighted by atomic mass is 35.5. The van der Waals surface area contributed by atoms with Gasteiger partial charge < -0.3 is 4.74 Å². The smallest absolute Gasteiger partial charge is 0.269 e. The van der Waals surface area contributed by atoms with Gasteiger partial charge in [-0.2, -0.15) is 0 Å². The summed E-state index contributed by atoms with van der Waals surface area (Å²) < 4.78 is 5.31. The number of benzene rings is 2. The first-order valence-electron chi connectivity index (χ1n) is 7.72. The summed E-state index contributed by atoms with van der Waals surface area (Å²) in [6, 6.07) is 14.2. The summed E-state index contributed by atoms with van der Waals surface area (Å²) in [6.07, 6.45) is 0. The predicted octanol–water partition coefficient (Wildman–Crippen LogP) is 3.43. The summed E-state index contributed by atoms with van der Waals surface area (Å²) in [5, 5.41) is 0.671. The Kier molecular flexibility index (Phi) is 7.63. The first-order valence-corrected chi connectivity index (χ1v) is 9.26. The second kappa shape index (κ2) is 9.96. The van der Waals surface area contributed by atoms with Crippen molar-refractivity contribution in [3.63, 3.8) is 0 Å². The summed E-state index contributed by atoms with van der Waals surface area (Å²) in [4.78, 5) is 23.7. The number of rotatable bonds is 7. The van der Waals surface area contributed by atoms with Crippen LogP contribution in [0.15, 0.2) is 48.5 Å². The fraction of sp³-hybridized carbons (Fsp3) is 0.222. The molecule has 0 heterocycles. The first kappa shape index (κ1) is 19.1. The van der Waals surface area contributed by atoms with Gasteiger partial charge in [0.25, 0.3) is 5.91 Å². The number of carbonyl (C=O) groups excluding carboxylic acids is 2. The van der Waals surface area contributed by atoms with Crippen LogP contribution in [0.5, 0.6) is 5.75 Å². The van der Waals surface area contributed by atoms with E-state index in [-0.39, 0.29) is 17.6 Å². The number of amides is 2. The van der Waals surface area contributed by atoms with E-state index in [1.54, 1.807) is 30.3 Å². The van der Waals surface area contributed by atoms with Crippen molar-refractivity contribution in [2.75, 3.05) is 12.4 Å². The zero-order valence-electron chi connectivity index (χ0n) is 13.8. The van der Waals surface area contributed by atoms with Gasteiger partial charge in [-0.15, -0.1) is 11.8 Å². The van der Waals surface area contributed by atoms with Crippen LogP contribution in [-0.4, -0.2) is 24.2 Å². The lowest BCUT2D eigenvalue weighted by atomic mass is 10.2. The van der Waals surface area contributed by atoms with Crippen molar-refractivity contribution in [1.29, 1.82) is 0 Å². The highest BCUT2D eigenvalue weighted by Crippen LogP contribution is 2.16. The zero-order chi connectivity index (χ0) is 18.1. The maximum atomic E-state index is 12.0. The molecule has 0 aliphatic heterocycles. The van der Waals surface area contributed by atoms with Gasteiger partial charge in [-0.3, -0.25) is 20.4 Å². The van der Waals surface area contributed by atoms with E-state index in [0.717, 1.165) is 5.56 Å². The number of thioether (sulfide) groups is 1. The summed E-state index contributed by atoms with van der Waals surface area (Å²) in [6.45, 7) is 2.45. The van der Waals surface area contributed by atoms with Crippen molar-refractivity contribution in [2.24, 2.45) is 0 Å². The molecule has 25 heavy (non-hydrogen) atoms. The Hall–Kier alpha value is -2.18. The van der Waals surface area contributed by atoms with Gasteiger partial charge in [0.1, 0.15) is 5.75 Å². The molecule has 5 nitrogen and oxygen atoms in total. The molecule has 7 heteroatoms. The van der Waals surface area contributed by atoms with Crippen molar-refractivity contribution in [2.45, 2.75) is 12.7 Å². The van der Waals surface area contributed by atoms with Crippen LogP contribution in [0.1, 0.15) is 22.8 Å².